The zero-order valence-corrected chi connectivity index (χ0v) is 28.9. The van der Waals surface area contributed by atoms with Gasteiger partial charge in [0, 0.05) is 34.6 Å². The normalized spacial score (nSPS) is 12.1. The summed E-state index contributed by atoms with van der Waals surface area (Å²) in [4.78, 5) is 29.8. The Balaban J connectivity index is 1.83. The quantitative estimate of drug-likeness (QED) is 0.156. The van der Waals surface area contributed by atoms with Gasteiger partial charge < -0.3 is 10.2 Å². The fourth-order valence-corrected chi connectivity index (χ4v) is 6.97. The van der Waals surface area contributed by atoms with Crippen LogP contribution < -0.4 is 9.62 Å². The molecule has 7 nitrogen and oxygen atoms in total. The van der Waals surface area contributed by atoms with E-state index >= 15 is 0 Å². The molecule has 0 heterocycles. The van der Waals surface area contributed by atoms with Gasteiger partial charge in [0.05, 0.1) is 10.6 Å². The van der Waals surface area contributed by atoms with Crippen molar-refractivity contribution in [1.29, 1.82) is 0 Å². The second kappa shape index (κ2) is 15.8. The number of sulfonamides is 1. The van der Waals surface area contributed by atoms with Crippen LogP contribution in [0.1, 0.15) is 30.5 Å². The summed E-state index contributed by atoms with van der Waals surface area (Å²) in [5.41, 5.74) is 2.36. The predicted octanol–water partition coefficient (Wildman–Crippen LogP) is 7.56. The van der Waals surface area contributed by atoms with Gasteiger partial charge in [-0.2, -0.15) is 0 Å². The van der Waals surface area contributed by atoms with E-state index in [9.17, 15) is 18.0 Å². The monoisotopic (exact) mass is 699 g/mol. The molecule has 0 radical (unpaired) electrons. The Morgan fingerprint density at radius 2 is 1.46 bits per heavy atom. The zero-order chi connectivity index (χ0) is 33.4. The first-order valence-electron chi connectivity index (χ1n) is 14.8. The highest BCUT2D eigenvalue weighted by Gasteiger charge is 2.35. The molecule has 0 aliphatic heterocycles. The van der Waals surface area contributed by atoms with E-state index in [0.717, 1.165) is 9.87 Å². The van der Waals surface area contributed by atoms with Crippen molar-refractivity contribution in [3.05, 3.63) is 129 Å². The van der Waals surface area contributed by atoms with Crippen LogP contribution in [0.25, 0.3) is 0 Å². The number of anilines is 1. The number of hydrogen-bond donors (Lipinski definition) is 1. The number of nitrogens with zero attached hydrogens (tertiary/aromatic N) is 2. The topological polar surface area (TPSA) is 86.8 Å². The van der Waals surface area contributed by atoms with Crippen molar-refractivity contribution in [1.82, 2.24) is 10.2 Å². The first-order valence-corrected chi connectivity index (χ1v) is 17.3. The largest absolute Gasteiger partial charge is 0.354 e. The van der Waals surface area contributed by atoms with Crippen LogP contribution in [-0.4, -0.2) is 44.3 Å². The van der Waals surface area contributed by atoms with Crippen LogP contribution >= 0.6 is 34.8 Å². The maximum atomic E-state index is 14.6. The van der Waals surface area contributed by atoms with Crippen molar-refractivity contribution in [2.45, 2.75) is 44.7 Å². The van der Waals surface area contributed by atoms with Gasteiger partial charge in [0.15, 0.2) is 0 Å². The summed E-state index contributed by atoms with van der Waals surface area (Å²) in [6.45, 7) is 5.48. The van der Waals surface area contributed by atoms with Crippen molar-refractivity contribution < 1.29 is 18.0 Å². The molecule has 46 heavy (non-hydrogen) atoms. The predicted molar refractivity (Wildman–Crippen MR) is 186 cm³/mol. The van der Waals surface area contributed by atoms with E-state index < -0.39 is 28.5 Å². The highest BCUT2D eigenvalue weighted by molar-refractivity contribution is 7.92. The number of carbonyl (C=O) groups excluding carboxylic acids is 2. The minimum atomic E-state index is -4.25. The van der Waals surface area contributed by atoms with Crippen molar-refractivity contribution in [3.8, 4) is 0 Å². The molecule has 242 valence electrons. The molecule has 0 saturated carbocycles. The van der Waals surface area contributed by atoms with Crippen LogP contribution in [0.3, 0.4) is 0 Å². The van der Waals surface area contributed by atoms with Gasteiger partial charge in [-0.15, -0.1) is 0 Å². The van der Waals surface area contributed by atoms with Gasteiger partial charge >= 0.3 is 0 Å². The van der Waals surface area contributed by atoms with E-state index in [-0.39, 0.29) is 29.7 Å². The molecule has 1 N–H and O–H groups in total. The number of carbonyl (C=O) groups is 2. The molecular weight excluding hydrogens is 665 g/mol. The van der Waals surface area contributed by atoms with Gasteiger partial charge in [-0.05, 0) is 72.0 Å². The lowest BCUT2D eigenvalue weighted by Crippen LogP contribution is -2.53. The third-order valence-electron chi connectivity index (χ3n) is 7.38. The van der Waals surface area contributed by atoms with Crippen LogP contribution in [0.15, 0.2) is 102 Å². The molecule has 1 atom stereocenters. The van der Waals surface area contributed by atoms with Crippen molar-refractivity contribution in [2.24, 2.45) is 5.92 Å². The fourth-order valence-electron chi connectivity index (χ4n) is 4.90. The van der Waals surface area contributed by atoms with E-state index in [1.54, 1.807) is 49.4 Å². The van der Waals surface area contributed by atoms with Crippen LogP contribution in [0.4, 0.5) is 5.69 Å². The van der Waals surface area contributed by atoms with Crippen LogP contribution in [0, 0.1) is 12.8 Å². The number of hydrogen-bond acceptors (Lipinski definition) is 4. The average molecular weight is 701 g/mol. The molecule has 11 heteroatoms. The molecule has 0 bridgehead atoms. The molecule has 0 spiro atoms. The second-order valence-corrected chi connectivity index (χ2v) is 14.5. The number of amides is 2. The van der Waals surface area contributed by atoms with Gasteiger partial charge in [0.2, 0.25) is 11.8 Å². The van der Waals surface area contributed by atoms with E-state index in [2.05, 4.69) is 5.32 Å². The number of aryl methyl sites for hydroxylation is 1. The van der Waals surface area contributed by atoms with Crippen LogP contribution in [0.2, 0.25) is 15.1 Å². The summed E-state index contributed by atoms with van der Waals surface area (Å²) in [5, 5.41) is 4.08. The second-order valence-electron chi connectivity index (χ2n) is 11.4. The number of para-hydroxylation sites is 1. The number of nitrogens with one attached hydrogen (secondary N) is 1. The summed E-state index contributed by atoms with van der Waals surface area (Å²) >= 11 is 18.8. The summed E-state index contributed by atoms with van der Waals surface area (Å²) < 4.78 is 29.4. The SMILES string of the molecule is Cc1ccccc1N(CC(=O)N(Cc1ccc(Cl)cc1Cl)C(Cc1ccccc1)C(=O)NCC(C)C)S(=O)(=O)c1ccc(Cl)cc1. The first-order chi connectivity index (χ1) is 21.9. The van der Waals surface area contributed by atoms with Crippen molar-refractivity contribution >= 4 is 62.3 Å². The van der Waals surface area contributed by atoms with Gasteiger partial charge in [0.25, 0.3) is 10.0 Å². The molecule has 0 saturated heterocycles. The standard InChI is InChI=1S/C35H36Cl3N3O4S/c1-24(2)21-39-35(43)33(19-26-10-5-4-6-11-26)40(22-27-13-14-29(37)20-31(27)38)34(42)23-41(32-12-8-7-9-25(32)3)46(44,45)30-17-15-28(36)16-18-30/h4-18,20,24,33H,19,21-23H2,1-3H3,(H,39,43). The highest BCUT2D eigenvalue weighted by Crippen LogP contribution is 2.29. The Kier molecular flexibility index (Phi) is 12.1. The van der Waals surface area contributed by atoms with E-state index in [1.165, 1.54) is 29.2 Å². The number of halogens is 3. The molecule has 0 aromatic heterocycles. The van der Waals surface area contributed by atoms with Crippen molar-refractivity contribution in [2.75, 3.05) is 17.4 Å². The molecule has 1 unspecified atom stereocenters. The Morgan fingerprint density at radius 1 is 0.826 bits per heavy atom. The average Bonchev–Trinajstić information content (AvgIpc) is 3.02. The van der Waals surface area contributed by atoms with Gasteiger partial charge in [-0.1, -0.05) is 103 Å². The minimum absolute atomic E-state index is 0.0317. The Hall–Kier alpha value is -3.56. The van der Waals surface area contributed by atoms with E-state index in [0.29, 0.717) is 38.4 Å². The number of benzene rings is 4. The van der Waals surface area contributed by atoms with E-state index in [1.807, 2.05) is 44.2 Å². The molecule has 0 aliphatic rings. The number of rotatable bonds is 13. The molecule has 4 aromatic rings. The maximum absolute atomic E-state index is 14.6. The summed E-state index contributed by atoms with van der Waals surface area (Å²) in [7, 11) is -4.25. The Labute approximate surface area is 286 Å². The Morgan fingerprint density at radius 3 is 2.09 bits per heavy atom. The maximum Gasteiger partial charge on any atom is 0.264 e. The fraction of sp³-hybridized carbons (Fsp3) is 0.257. The summed E-state index contributed by atoms with van der Waals surface area (Å²) in [5.74, 6) is -0.788. The molecule has 4 rings (SSSR count). The van der Waals surface area contributed by atoms with Crippen LogP contribution in [0.5, 0.6) is 0 Å². The Bertz CT molecular complexity index is 1770. The lowest BCUT2D eigenvalue weighted by Gasteiger charge is -2.34. The highest BCUT2D eigenvalue weighted by atomic mass is 35.5. The zero-order valence-electron chi connectivity index (χ0n) is 25.8. The van der Waals surface area contributed by atoms with Gasteiger partial charge in [-0.3, -0.25) is 13.9 Å². The van der Waals surface area contributed by atoms with Crippen molar-refractivity contribution in [3.63, 3.8) is 0 Å². The minimum Gasteiger partial charge on any atom is -0.354 e. The summed E-state index contributed by atoms with van der Waals surface area (Å²) in [6, 6.07) is 26.0. The molecule has 0 fully saturated rings. The van der Waals surface area contributed by atoms with Gasteiger partial charge in [0.1, 0.15) is 12.6 Å². The van der Waals surface area contributed by atoms with Crippen LogP contribution in [-0.2, 0) is 32.6 Å². The molecule has 4 aromatic carbocycles. The first kappa shape index (κ1) is 35.3. The third kappa shape index (κ3) is 9.04. The van der Waals surface area contributed by atoms with Gasteiger partial charge in [-0.25, -0.2) is 8.42 Å². The summed E-state index contributed by atoms with van der Waals surface area (Å²) in [6.07, 6.45) is 0.190. The lowest BCUT2D eigenvalue weighted by atomic mass is 10.0. The molecule has 2 amide bonds. The molecular formula is C35H36Cl3N3O4S. The lowest BCUT2D eigenvalue weighted by molar-refractivity contribution is -0.140. The third-order valence-corrected chi connectivity index (χ3v) is 9.99. The molecule has 0 aliphatic carbocycles. The smallest absolute Gasteiger partial charge is 0.264 e. The van der Waals surface area contributed by atoms with E-state index in [4.69, 9.17) is 34.8 Å².